The molecule has 1 radical (unpaired) electrons. The summed E-state index contributed by atoms with van der Waals surface area (Å²) in [6.07, 6.45) is 0.261. The molecule has 5 heteroatoms. The largest absolute Gasteiger partial charge is 0.324 e. The zero-order valence-electron chi connectivity index (χ0n) is 9.95. The average molecular weight is 248 g/mol. The molecular weight excluding hydrogens is 233 g/mol. The van der Waals surface area contributed by atoms with Gasteiger partial charge < -0.3 is 11.1 Å². The third-order valence-corrected chi connectivity index (χ3v) is 3.68. The fourth-order valence-corrected chi connectivity index (χ4v) is 2.72. The molecule has 0 aromatic heterocycles. The maximum absolute atomic E-state index is 13.2. The lowest BCUT2D eigenvalue weighted by molar-refractivity contribution is -0.121. The van der Waals surface area contributed by atoms with Crippen LogP contribution in [0, 0.1) is 0 Å². The Morgan fingerprint density at radius 2 is 2.28 bits per heavy atom. The number of anilines is 1. The van der Waals surface area contributed by atoms with Crippen LogP contribution in [0.5, 0.6) is 0 Å². The maximum atomic E-state index is 13.2. The highest BCUT2D eigenvalue weighted by atomic mass is 19.1. The topological polar surface area (TPSA) is 56.1 Å². The molecule has 1 fully saturated rings. The van der Waals surface area contributed by atoms with Gasteiger partial charge >= 0.3 is 0 Å². The van der Waals surface area contributed by atoms with E-state index >= 15 is 0 Å². The van der Waals surface area contributed by atoms with Crippen molar-refractivity contribution in [1.82, 2.24) is 10.6 Å². The molecule has 18 heavy (non-hydrogen) atoms. The van der Waals surface area contributed by atoms with Gasteiger partial charge in [-0.1, -0.05) is 0 Å². The number of nitrogens with one attached hydrogen (secondary N) is 2. The molecule has 1 unspecified atom stereocenters. The quantitative estimate of drug-likeness (QED) is 0.819. The molecule has 3 rings (SSSR count). The van der Waals surface area contributed by atoms with E-state index in [0.29, 0.717) is 31.6 Å². The Morgan fingerprint density at radius 1 is 1.44 bits per heavy atom. The molecule has 0 saturated carbocycles. The summed E-state index contributed by atoms with van der Waals surface area (Å²) in [4.78, 5) is 13.9. The van der Waals surface area contributed by atoms with E-state index in [-0.39, 0.29) is 11.9 Å². The first-order valence-electron chi connectivity index (χ1n) is 6.17. The molecule has 0 spiro atoms. The van der Waals surface area contributed by atoms with Crippen molar-refractivity contribution in [2.24, 2.45) is 0 Å². The summed E-state index contributed by atoms with van der Waals surface area (Å²) in [5.41, 5.74) is 9.79. The van der Waals surface area contributed by atoms with Crippen LogP contribution < -0.4 is 11.1 Å². The lowest BCUT2D eigenvalue weighted by Gasteiger charge is -2.31. The van der Waals surface area contributed by atoms with Crippen LogP contribution in [-0.2, 0) is 11.2 Å². The van der Waals surface area contributed by atoms with Crippen LogP contribution in [0.15, 0.2) is 18.2 Å². The van der Waals surface area contributed by atoms with Gasteiger partial charge in [-0.3, -0.25) is 9.69 Å². The molecule has 95 valence electrons. The highest BCUT2D eigenvalue weighted by Gasteiger charge is 2.35. The normalized spacial score (nSPS) is 27.9. The number of halogens is 1. The van der Waals surface area contributed by atoms with E-state index in [1.165, 1.54) is 0 Å². The zero-order chi connectivity index (χ0) is 12.7. The fourth-order valence-electron chi connectivity index (χ4n) is 2.72. The number of hydrogen-bond donors (Lipinski definition) is 1. The van der Waals surface area contributed by atoms with E-state index < -0.39 is 6.17 Å². The van der Waals surface area contributed by atoms with Gasteiger partial charge in [0.05, 0.1) is 11.7 Å². The van der Waals surface area contributed by atoms with Crippen molar-refractivity contribution >= 4 is 17.3 Å². The number of carbonyl (C=O) groups excluding carboxylic acids is 1. The van der Waals surface area contributed by atoms with Crippen LogP contribution in [0.1, 0.15) is 12.0 Å². The fraction of sp³-hybridized carbons (Fsp3) is 0.462. The van der Waals surface area contributed by atoms with Gasteiger partial charge in [-0.25, -0.2) is 4.39 Å². The smallest absolute Gasteiger partial charge is 0.242 e. The third kappa shape index (κ3) is 1.95. The van der Waals surface area contributed by atoms with Crippen LogP contribution in [0.4, 0.5) is 15.8 Å². The molecule has 0 aliphatic carbocycles. The predicted octanol–water partition coefficient (Wildman–Crippen LogP) is 1.51. The summed E-state index contributed by atoms with van der Waals surface area (Å²) in [6.45, 7) is 0.975. The van der Waals surface area contributed by atoms with Crippen molar-refractivity contribution in [2.45, 2.75) is 25.1 Å². The van der Waals surface area contributed by atoms with Gasteiger partial charge in [-0.15, -0.1) is 0 Å². The van der Waals surface area contributed by atoms with Gasteiger partial charge in [-0.05, 0) is 36.6 Å². The molecule has 2 aliphatic rings. The van der Waals surface area contributed by atoms with Crippen molar-refractivity contribution in [3.05, 3.63) is 23.8 Å². The molecule has 1 aromatic rings. The number of hydrogen-bond acceptors (Lipinski definition) is 2. The molecule has 4 nitrogen and oxygen atoms in total. The van der Waals surface area contributed by atoms with Crippen LogP contribution in [0.25, 0.3) is 0 Å². The van der Waals surface area contributed by atoms with Crippen molar-refractivity contribution in [3.63, 3.8) is 0 Å². The summed E-state index contributed by atoms with van der Waals surface area (Å²) < 4.78 is 13.2. The third-order valence-electron chi connectivity index (χ3n) is 3.68. The molecule has 2 N–H and O–H groups in total. The Balaban J connectivity index is 1.84. The molecule has 2 atom stereocenters. The van der Waals surface area contributed by atoms with Crippen LogP contribution >= 0.6 is 0 Å². The number of nitrogens with zero attached hydrogens (tertiary/aromatic N) is 1. The molecule has 0 bridgehead atoms. The van der Waals surface area contributed by atoms with Crippen molar-refractivity contribution in [2.75, 3.05) is 18.4 Å². The zero-order valence-corrected chi connectivity index (χ0v) is 9.95. The van der Waals surface area contributed by atoms with Gasteiger partial charge in [0.1, 0.15) is 6.17 Å². The number of likely N-dealkylation sites (tertiary alicyclic amines) is 1. The monoisotopic (exact) mass is 248 g/mol. The lowest BCUT2D eigenvalue weighted by atomic mass is 9.97. The van der Waals surface area contributed by atoms with E-state index in [1.807, 2.05) is 4.90 Å². The average Bonchev–Trinajstić information content (AvgIpc) is 2.75. The van der Waals surface area contributed by atoms with Crippen molar-refractivity contribution in [3.8, 4) is 0 Å². The van der Waals surface area contributed by atoms with Gasteiger partial charge in [-0.2, -0.15) is 0 Å². The Bertz CT molecular complexity index is 491. The summed E-state index contributed by atoms with van der Waals surface area (Å²) in [5, 5.41) is 2.84. The number of rotatable bonds is 1. The number of fused-ring (bicyclic) bond motifs is 1. The van der Waals surface area contributed by atoms with Gasteiger partial charge in [0.15, 0.2) is 0 Å². The second-order valence-electron chi connectivity index (χ2n) is 4.96. The summed E-state index contributed by atoms with van der Waals surface area (Å²) >= 11 is 0. The summed E-state index contributed by atoms with van der Waals surface area (Å²) in [6, 6.07) is 4.89. The van der Waals surface area contributed by atoms with Gasteiger partial charge in [0.2, 0.25) is 5.91 Å². The van der Waals surface area contributed by atoms with E-state index in [0.717, 1.165) is 11.3 Å². The molecule has 2 heterocycles. The minimum atomic E-state index is -0.818. The highest BCUT2D eigenvalue weighted by molar-refractivity contribution is 5.98. The van der Waals surface area contributed by atoms with Gasteiger partial charge in [0.25, 0.3) is 0 Å². The molecule has 2 aliphatic heterocycles. The van der Waals surface area contributed by atoms with E-state index in [2.05, 4.69) is 5.32 Å². The van der Waals surface area contributed by atoms with E-state index in [4.69, 9.17) is 5.73 Å². The lowest BCUT2D eigenvalue weighted by Crippen LogP contribution is -2.47. The molecule has 1 saturated heterocycles. The predicted molar refractivity (Wildman–Crippen MR) is 66.4 cm³/mol. The van der Waals surface area contributed by atoms with E-state index in [1.54, 1.807) is 18.2 Å². The first kappa shape index (κ1) is 11.5. The number of amides is 1. The minimum absolute atomic E-state index is 0.0608. The summed E-state index contributed by atoms with van der Waals surface area (Å²) in [5.74, 6) is -0.0608. The first-order chi connectivity index (χ1) is 8.63. The first-order valence-corrected chi connectivity index (χ1v) is 6.17. The Kier molecular flexibility index (Phi) is 2.70. The molecule has 1 aromatic carbocycles. The SMILES string of the molecule is [NH]c1ccc2c(c1)CC(N1CC[C@H](F)C1)C(=O)N2. The Morgan fingerprint density at radius 3 is 3.00 bits per heavy atom. The standard InChI is InChI=1S/C13H15FN3O/c14-9-3-4-17(7-9)12-6-8-5-10(15)1-2-11(8)16-13(12)18/h1-2,5,9,12,15H,3-4,6-7H2,(H,16,18)/t9-,12?/m0/s1. The summed E-state index contributed by atoms with van der Waals surface area (Å²) in [7, 11) is 0. The van der Waals surface area contributed by atoms with Crippen molar-refractivity contribution < 1.29 is 9.18 Å². The second kappa shape index (κ2) is 4.24. The second-order valence-corrected chi connectivity index (χ2v) is 4.96. The minimum Gasteiger partial charge on any atom is -0.324 e. The molecule has 1 amide bonds. The number of alkyl halides is 1. The van der Waals surface area contributed by atoms with Crippen LogP contribution in [0.2, 0.25) is 0 Å². The number of carbonyl (C=O) groups is 1. The van der Waals surface area contributed by atoms with Gasteiger partial charge in [0, 0.05) is 18.8 Å². The molecular formula is C13H15FN3O. The highest BCUT2D eigenvalue weighted by Crippen LogP contribution is 2.28. The van der Waals surface area contributed by atoms with Crippen LogP contribution in [-0.4, -0.2) is 36.1 Å². The Hall–Kier alpha value is -1.62. The van der Waals surface area contributed by atoms with Crippen molar-refractivity contribution in [1.29, 1.82) is 0 Å². The Labute approximate surface area is 105 Å². The van der Waals surface area contributed by atoms with Crippen LogP contribution in [0.3, 0.4) is 0 Å². The van der Waals surface area contributed by atoms with E-state index in [9.17, 15) is 9.18 Å². The number of benzene rings is 1. The maximum Gasteiger partial charge on any atom is 0.242 e.